The number of aryl methyl sites for hydroxylation is 1. The van der Waals surface area contributed by atoms with Gasteiger partial charge in [0.1, 0.15) is 0 Å². The van der Waals surface area contributed by atoms with Crippen LogP contribution < -0.4 is 5.32 Å². The summed E-state index contributed by atoms with van der Waals surface area (Å²) >= 11 is 0. The quantitative estimate of drug-likeness (QED) is 0.269. The van der Waals surface area contributed by atoms with Crippen LogP contribution in [-0.2, 0) is 0 Å². The summed E-state index contributed by atoms with van der Waals surface area (Å²) in [6, 6.07) is 47.9. The first-order valence-electron chi connectivity index (χ1n) is 12.7. The Morgan fingerprint density at radius 2 is 1.19 bits per heavy atom. The van der Waals surface area contributed by atoms with Crippen LogP contribution >= 0.6 is 0 Å². The molecule has 0 fully saturated rings. The van der Waals surface area contributed by atoms with Gasteiger partial charge >= 0.3 is 0 Å². The Kier molecular flexibility index (Phi) is 5.04. The molecule has 176 valence electrons. The minimum atomic E-state index is 1.08. The van der Waals surface area contributed by atoms with Gasteiger partial charge in [0.2, 0.25) is 0 Å². The minimum Gasteiger partial charge on any atom is -0.355 e. The molecule has 0 atom stereocenters. The molecule has 2 nitrogen and oxygen atoms in total. The molecule has 7 aromatic rings. The standard InChI is InChI=1S/C35H26N2/c1-24-13-20-29(21-14-24)37-34-12-5-4-10-31(34)32-22-17-27(23-35(32)37)25-15-18-28(19-16-25)36-33-11-6-8-26-7-2-3-9-30(26)33/h2-23,36H,1H3. The molecule has 2 heteroatoms. The summed E-state index contributed by atoms with van der Waals surface area (Å²) in [4.78, 5) is 0. The van der Waals surface area contributed by atoms with Crippen LogP contribution in [0.15, 0.2) is 133 Å². The third-order valence-corrected chi connectivity index (χ3v) is 7.25. The molecule has 1 aromatic heterocycles. The first-order chi connectivity index (χ1) is 18.2. The summed E-state index contributed by atoms with van der Waals surface area (Å²) in [5.74, 6) is 0. The first kappa shape index (κ1) is 21.5. The van der Waals surface area contributed by atoms with Crippen LogP contribution in [-0.4, -0.2) is 4.57 Å². The van der Waals surface area contributed by atoms with Crippen molar-refractivity contribution < 1.29 is 0 Å². The molecule has 6 aromatic carbocycles. The third kappa shape index (κ3) is 3.75. The molecule has 0 aliphatic carbocycles. The van der Waals surface area contributed by atoms with E-state index in [0.29, 0.717) is 0 Å². The Hall–Kier alpha value is -4.82. The molecule has 0 saturated carbocycles. The molecule has 0 aliphatic rings. The minimum absolute atomic E-state index is 1.08. The fourth-order valence-electron chi connectivity index (χ4n) is 5.36. The van der Waals surface area contributed by atoms with E-state index in [-0.39, 0.29) is 0 Å². The fraction of sp³-hybridized carbons (Fsp3) is 0.0286. The largest absolute Gasteiger partial charge is 0.355 e. The van der Waals surface area contributed by atoms with Crippen molar-refractivity contribution in [1.29, 1.82) is 0 Å². The van der Waals surface area contributed by atoms with E-state index >= 15 is 0 Å². The van der Waals surface area contributed by atoms with Crippen molar-refractivity contribution in [1.82, 2.24) is 4.57 Å². The highest BCUT2D eigenvalue weighted by molar-refractivity contribution is 6.10. The topological polar surface area (TPSA) is 17.0 Å². The van der Waals surface area contributed by atoms with Gasteiger partial charge in [0.15, 0.2) is 0 Å². The number of aromatic nitrogens is 1. The number of fused-ring (bicyclic) bond motifs is 4. The number of nitrogens with one attached hydrogen (secondary N) is 1. The highest BCUT2D eigenvalue weighted by Gasteiger charge is 2.13. The zero-order valence-corrected chi connectivity index (χ0v) is 20.6. The van der Waals surface area contributed by atoms with Gasteiger partial charge in [0, 0.05) is 33.2 Å². The van der Waals surface area contributed by atoms with Gasteiger partial charge in [0.25, 0.3) is 0 Å². The highest BCUT2D eigenvalue weighted by atomic mass is 15.0. The summed E-state index contributed by atoms with van der Waals surface area (Å²) in [6.45, 7) is 2.13. The van der Waals surface area contributed by atoms with Gasteiger partial charge in [0.05, 0.1) is 11.0 Å². The molecule has 0 bridgehead atoms. The van der Waals surface area contributed by atoms with E-state index in [1.54, 1.807) is 0 Å². The SMILES string of the molecule is Cc1ccc(-n2c3ccccc3c3ccc(-c4ccc(Nc5cccc6ccccc56)cc4)cc32)cc1. The van der Waals surface area contributed by atoms with Gasteiger partial charge in [-0.15, -0.1) is 0 Å². The lowest BCUT2D eigenvalue weighted by Gasteiger charge is -2.11. The first-order valence-corrected chi connectivity index (χ1v) is 12.7. The van der Waals surface area contributed by atoms with Crippen molar-refractivity contribution >= 4 is 44.0 Å². The monoisotopic (exact) mass is 474 g/mol. The lowest BCUT2D eigenvalue weighted by molar-refractivity contribution is 1.17. The molecule has 0 aliphatic heterocycles. The molecule has 37 heavy (non-hydrogen) atoms. The van der Waals surface area contributed by atoms with Crippen LogP contribution in [0.1, 0.15) is 5.56 Å². The number of nitrogens with zero attached hydrogens (tertiary/aromatic N) is 1. The lowest BCUT2D eigenvalue weighted by atomic mass is 10.0. The van der Waals surface area contributed by atoms with Crippen molar-refractivity contribution in [3.63, 3.8) is 0 Å². The Morgan fingerprint density at radius 1 is 0.514 bits per heavy atom. The van der Waals surface area contributed by atoms with Crippen molar-refractivity contribution in [2.45, 2.75) is 6.92 Å². The molecular formula is C35H26N2. The second-order valence-electron chi connectivity index (χ2n) is 9.65. The second-order valence-corrected chi connectivity index (χ2v) is 9.65. The summed E-state index contributed by atoms with van der Waals surface area (Å²) in [5, 5.41) is 8.62. The van der Waals surface area contributed by atoms with Crippen LogP contribution in [0.25, 0.3) is 49.4 Å². The van der Waals surface area contributed by atoms with E-state index in [9.17, 15) is 0 Å². The van der Waals surface area contributed by atoms with Crippen molar-refractivity contribution in [2.75, 3.05) is 5.32 Å². The fourth-order valence-corrected chi connectivity index (χ4v) is 5.36. The number of benzene rings is 6. The number of hydrogen-bond acceptors (Lipinski definition) is 1. The van der Waals surface area contributed by atoms with Gasteiger partial charge in [-0.2, -0.15) is 0 Å². The molecule has 0 spiro atoms. The van der Waals surface area contributed by atoms with Gasteiger partial charge < -0.3 is 9.88 Å². The predicted octanol–water partition coefficient (Wildman–Crippen LogP) is 9.66. The zero-order chi connectivity index (χ0) is 24.8. The van der Waals surface area contributed by atoms with E-state index in [1.807, 2.05) is 0 Å². The van der Waals surface area contributed by atoms with Crippen molar-refractivity contribution in [3.8, 4) is 16.8 Å². The van der Waals surface area contributed by atoms with Crippen LogP contribution in [0, 0.1) is 6.92 Å². The maximum atomic E-state index is 3.60. The van der Waals surface area contributed by atoms with Gasteiger partial charge in [-0.25, -0.2) is 0 Å². The van der Waals surface area contributed by atoms with E-state index in [4.69, 9.17) is 0 Å². The third-order valence-electron chi connectivity index (χ3n) is 7.25. The van der Waals surface area contributed by atoms with Gasteiger partial charge in [-0.3, -0.25) is 0 Å². The molecule has 1 N–H and O–H groups in total. The highest BCUT2D eigenvalue weighted by Crippen LogP contribution is 2.35. The van der Waals surface area contributed by atoms with E-state index in [0.717, 1.165) is 11.4 Å². The Balaban J connectivity index is 1.29. The average Bonchev–Trinajstić information content (AvgIpc) is 3.28. The van der Waals surface area contributed by atoms with Crippen molar-refractivity contribution in [2.24, 2.45) is 0 Å². The number of anilines is 2. The predicted molar refractivity (Wildman–Crippen MR) is 158 cm³/mol. The molecule has 0 radical (unpaired) electrons. The van der Waals surface area contributed by atoms with E-state index < -0.39 is 0 Å². The summed E-state index contributed by atoms with van der Waals surface area (Å²) in [5.41, 5.74) is 9.51. The second kappa shape index (κ2) is 8.69. The van der Waals surface area contributed by atoms with Crippen LogP contribution in [0.3, 0.4) is 0 Å². The van der Waals surface area contributed by atoms with E-state index in [1.165, 1.54) is 55.0 Å². The molecular weight excluding hydrogens is 448 g/mol. The normalized spacial score (nSPS) is 11.4. The van der Waals surface area contributed by atoms with Gasteiger partial charge in [-0.1, -0.05) is 96.6 Å². The molecule has 7 rings (SSSR count). The summed E-state index contributed by atoms with van der Waals surface area (Å²) < 4.78 is 2.38. The average molecular weight is 475 g/mol. The molecule has 0 amide bonds. The summed E-state index contributed by atoms with van der Waals surface area (Å²) in [6.07, 6.45) is 0. The zero-order valence-electron chi connectivity index (χ0n) is 20.6. The molecule has 0 unspecified atom stereocenters. The maximum Gasteiger partial charge on any atom is 0.0547 e. The van der Waals surface area contributed by atoms with Crippen LogP contribution in [0.2, 0.25) is 0 Å². The Morgan fingerprint density at radius 3 is 2.03 bits per heavy atom. The molecule has 1 heterocycles. The van der Waals surface area contributed by atoms with Crippen LogP contribution in [0.4, 0.5) is 11.4 Å². The Labute approximate surface area is 216 Å². The lowest BCUT2D eigenvalue weighted by Crippen LogP contribution is -1.94. The smallest absolute Gasteiger partial charge is 0.0547 e. The number of rotatable bonds is 4. The number of hydrogen-bond donors (Lipinski definition) is 1. The van der Waals surface area contributed by atoms with Crippen LogP contribution in [0.5, 0.6) is 0 Å². The number of para-hydroxylation sites is 1. The van der Waals surface area contributed by atoms with E-state index in [2.05, 4.69) is 150 Å². The summed E-state index contributed by atoms with van der Waals surface area (Å²) in [7, 11) is 0. The van der Waals surface area contributed by atoms with Crippen molar-refractivity contribution in [3.05, 3.63) is 139 Å². The Bertz CT molecular complexity index is 1890. The van der Waals surface area contributed by atoms with Gasteiger partial charge in [-0.05, 0) is 65.9 Å². The maximum absolute atomic E-state index is 3.60. The molecule has 0 saturated heterocycles.